The van der Waals surface area contributed by atoms with Gasteiger partial charge in [0, 0.05) is 7.11 Å². The first-order chi connectivity index (χ1) is 7.79. The van der Waals surface area contributed by atoms with E-state index in [2.05, 4.69) is 0 Å². The van der Waals surface area contributed by atoms with Crippen LogP contribution in [0.5, 0.6) is 5.75 Å². The molecule has 1 aliphatic carbocycles. The number of hydrogen-bond donors (Lipinski definition) is 1. The van der Waals surface area contributed by atoms with E-state index in [1.807, 2.05) is 24.3 Å². The number of aliphatic hydroxyl groups is 1. The third-order valence-corrected chi connectivity index (χ3v) is 2.91. The van der Waals surface area contributed by atoms with E-state index in [4.69, 9.17) is 9.47 Å². The highest BCUT2D eigenvalue weighted by molar-refractivity contribution is 5.28. The number of rotatable bonds is 4. The Morgan fingerprint density at radius 1 is 1.38 bits per heavy atom. The molecular formula is C13H18O3. The highest BCUT2D eigenvalue weighted by Gasteiger charge is 2.26. The second-order valence-electron chi connectivity index (χ2n) is 4.23. The molecule has 0 saturated heterocycles. The Morgan fingerprint density at radius 3 is 2.94 bits per heavy atom. The summed E-state index contributed by atoms with van der Waals surface area (Å²) in [7, 11) is 1.67. The molecule has 1 N–H and O–H groups in total. The molecule has 1 aliphatic rings. The van der Waals surface area contributed by atoms with E-state index in [0.717, 1.165) is 30.6 Å². The van der Waals surface area contributed by atoms with Gasteiger partial charge in [0.2, 0.25) is 0 Å². The van der Waals surface area contributed by atoms with Crippen molar-refractivity contribution < 1.29 is 14.6 Å². The molecule has 3 nitrogen and oxygen atoms in total. The second-order valence-corrected chi connectivity index (χ2v) is 4.23. The molecule has 2 rings (SSSR count). The van der Waals surface area contributed by atoms with Crippen LogP contribution in [0.2, 0.25) is 0 Å². The standard InChI is InChI=1S/C13H18O3/c1-15-9-10-4-2-5-11(8-10)16-13-7-3-6-12(13)14/h2,4-5,8,12-14H,3,6-7,9H2,1H3. The Morgan fingerprint density at radius 2 is 2.25 bits per heavy atom. The molecular weight excluding hydrogens is 204 g/mol. The predicted octanol–water partition coefficient (Wildman–Crippen LogP) is 2.13. The summed E-state index contributed by atoms with van der Waals surface area (Å²) >= 11 is 0. The molecule has 0 heterocycles. The Kier molecular flexibility index (Phi) is 3.80. The molecule has 1 aromatic rings. The average molecular weight is 222 g/mol. The van der Waals surface area contributed by atoms with E-state index in [1.165, 1.54) is 0 Å². The monoisotopic (exact) mass is 222 g/mol. The number of methoxy groups -OCH3 is 1. The Balaban J connectivity index is 2.00. The SMILES string of the molecule is COCc1cccc(OC2CCCC2O)c1. The van der Waals surface area contributed by atoms with Gasteiger partial charge in [-0.15, -0.1) is 0 Å². The first-order valence-electron chi connectivity index (χ1n) is 5.72. The normalized spacial score (nSPS) is 24.6. The molecule has 1 saturated carbocycles. The van der Waals surface area contributed by atoms with Crippen molar-refractivity contribution in [2.24, 2.45) is 0 Å². The fraction of sp³-hybridized carbons (Fsp3) is 0.538. The van der Waals surface area contributed by atoms with Crippen molar-refractivity contribution in [2.75, 3.05) is 7.11 Å². The third-order valence-electron chi connectivity index (χ3n) is 2.91. The summed E-state index contributed by atoms with van der Waals surface area (Å²) in [4.78, 5) is 0. The molecule has 0 spiro atoms. The van der Waals surface area contributed by atoms with Crippen molar-refractivity contribution in [1.82, 2.24) is 0 Å². The van der Waals surface area contributed by atoms with Gasteiger partial charge >= 0.3 is 0 Å². The number of ether oxygens (including phenoxy) is 2. The summed E-state index contributed by atoms with van der Waals surface area (Å²) in [6.07, 6.45) is 2.48. The van der Waals surface area contributed by atoms with Crippen molar-refractivity contribution in [1.29, 1.82) is 0 Å². The van der Waals surface area contributed by atoms with Crippen LogP contribution in [-0.2, 0) is 11.3 Å². The van der Waals surface area contributed by atoms with Crippen LogP contribution in [0.4, 0.5) is 0 Å². The van der Waals surface area contributed by atoms with Gasteiger partial charge in [0.25, 0.3) is 0 Å². The lowest BCUT2D eigenvalue weighted by Gasteiger charge is -2.17. The zero-order valence-corrected chi connectivity index (χ0v) is 9.56. The zero-order chi connectivity index (χ0) is 11.4. The summed E-state index contributed by atoms with van der Waals surface area (Å²) < 4.78 is 10.8. The van der Waals surface area contributed by atoms with Crippen LogP contribution in [0.15, 0.2) is 24.3 Å². The van der Waals surface area contributed by atoms with Gasteiger partial charge in [-0.2, -0.15) is 0 Å². The highest BCUT2D eigenvalue weighted by Crippen LogP contribution is 2.25. The number of aliphatic hydroxyl groups excluding tert-OH is 1. The number of hydrogen-bond acceptors (Lipinski definition) is 3. The van der Waals surface area contributed by atoms with Gasteiger partial charge in [0.15, 0.2) is 0 Å². The van der Waals surface area contributed by atoms with Gasteiger partial charge in [0.1, 0.15) is 11.9 Å². The molecule has 2 unspecified atom stereocenters. The highest BCUT2D eigenvalue weighted by atomic mass is 16.5. The van der Waals surface area contributed by atoms with Crippen LogP contribution in [-0.4, -0.2) is 24.4 Å². The molecule has 16 heavy (non-hydrogen) atoms. The lowest BCUT2D eigenvalue weighted by atomic mass is 10.2. The van der Waals surface area contributed by atoms with Gasteiger partial charge in [-0.25, -0.2) is 0 Å². The van der Waals surface area contributed by atoms with E-state index in [-0.39, 0.29) is 12.2 Å². The quantitative estimate of drug-likeness (QED) is 0.848. The largest absolute Gasteiger partial charge is 0.488 e. The molecule has 1 aromatic carbocycles. The first-order valence-corrected chi connectivity index (χ1v) is 5.72. The third kappa shape index (κ3) is 2.74. The van der Waals surface area contributed by atoms with Crippen molar-refractivity contribution in [3.8, 4) is 5.75 Å². The molecule has 0 radical (unpaired) electrons. The zero-order valence-electron chi connectivity index (χ0n) is 9.56. The average Bonchev–Trinajstić information content (AvgIpc) is 2.66. The maximum atomic E-state index is 9.67. The van der Waals surface area contributed by atoms with E-state index in [9.17, 15) is 5.11 Å². The number of benzene rings is 1. The second kappa shape index (κ2) is 5.32. The predicted molar refractivity (Wildman–Crippen MR) is 61.4 cm³/mol. The Bertz CT molecular complexity index is 338. The lowest BCUT2D eigenvalue weighted by molar-refractivity contribution is 0.0602. The molecule has 2 atom stereocenters. The molecule has 0 amide bonds. The lowest BCUT2D eigenvalue weighted by Crippen LogP contribution is -2.25. The summed E-state index contributed by atoms with van der Waals surface area (Å²) in [5.74, 6) is 0.820. The van der Waals surface area contributed by atoms with Crippen LogP contribution in [0.25, 0.3) is 0 Å². The van der Waals surface area contributed by atoms with Crippen LogP contribution in [0, 0.1) is 0 Å². The van der Waals surface area contributed by atoms with Gasteiger partial charge < -0.3 is 14.6 Å². The molecule has 88 valence electrons. The molecule has 0 aliphatic heterocycles. The summed E-state index contributed by atoms with van der Waals surface area (Å²) in [6, 6.07) is 7.84. The molecule has 1 fully saturated rings. The van der Waals surface area contributed by atoms with Crippen molar-refractivity contribution >= 4 is 0 Å². The van der Waals surface area contributed by atoms with Crippen molar-refractivity contribution in [3.63, 3.8) is 0 Å². The first kappa shape index (κ1) is 11.4. The van der Waals surface area contributed by atoms with Gasteiger partial charge in [0.05, 0.1) is 12.7 Å². The van der Waals surface area contributed by atoms with E-state index in [1.54, 1.807) is 7.11 Å². The van der Waals surface area contributed by atoms with Gasteiger partial charge in [-0.3, -0.25) is 0 Å². The van der Waals surface area contributed by atoms with E-state index < -0.39 is 0 Å². The molecule has 0 bridgehead atoms. The summed E-state index contributed by atoms with van der Waals surface area (Å²) in [5.41, 5.74) is 1.09. The van der Waals surface area contributed by atoms with Crippen LogP contribution in [0.1, 0.15) is 24.8 Å². The summed E-state index contributed by atoms with van der Waals surface area (Å²) in [6.45, 7) is 0.588. The van der Waals surface area contributed by atoms with Crippen molar-refractivity contribution in [2.45, 2.75) is 38.1 Å². The molecule has 0 aromatic heterocycles. The molecule has 3 heteroatoms. The minimum Gasteiger partial charge on any atom is -0.488 e. The maximum absolute atomic E-state index is 9.67. The van der Waals surface area contributed by atoms with Crippen molar-refractivity contribution in [3.05, 3.63) is 29.8 Å². The summed E-state index contributed by atoms with van der Waals surface area (Å²) in [5, 5.41) is 9.67. The minimum absolute atomic E-state index is 0.0437. The fourth-order valence-corrected chi connectivity index (χ4v) is 2.09. The van der Waals surface area contributed by atoms with Crippen LogP contribution < -0.4 is 4.74 Å². The van der Waals surface area contributed by atoms with Gasteiger partial charge in [-0.1, -0.05) is 12.1 Å². The van der Waals surface area contributed by atoms with Crippen LogP contribution in [0.3, 0.4) is 0 Å². The topological polar surface area (TPSA) is 38.7 Å². The van der Waals surface area contributed by atoms with E-state index >= 15 is 0 Å². The fourth-order valence-electron chi connectivity index (χ4n) is 2.09. The van der Waals surface area contributed by atoms with E-state index in [0.29, 0.717) is 6.61 Å². The minimum atomic E-state index is -0.314. The Hall–Kier alpha value is -1.06. The van der Waals surface area contributed by atoms with Gasteiger partial charge in [-0.05, 0) is 37.0 Å². The maximum Gasteiger partial charge on any atom is 0.124 e. The van der Waals surface area contributed by atoms with Crippen LogP contribution >= 0.6 is 0 Å². The Labute approximate surface area is 96.0 Å². The smallest absolute Gasteiger partial charge is 0.124 e.